The molecular formula is C30H21F4N3O4S2. The molecule has 3 unspecified atom stereocenters. The van der Waals surface area contributed by atoms with Crippen molar-refractivity contribution in [2.75, 3.05) is 10.2 Å². The molecule has 3 amide bonds. The second-order valence-electron chi connectivity index (χ2n) is 10.1. The van der Waals surface area contributed by atoms with Crippen LogP contribution < -0.4 is 15.1 Å². The Morgan fingerprint density at radius 1 is 0.930 bits per heavy atom. The lowest BCUT2D eigenvalue weighted by molar-refractivity contribution is -0.137. The maximum Gasteiger partial charge on any atom is 0.418 e. The molecule has 13 heteroatoms. The number of imide groups is 1. The van der Waals surface area contributed by atoms with Gasteiger partial charge in [0, 0.05) is 16.5 Å². The number of benzene rings is 3. The molecule has 1 aromatic heterocycles. The molecule has 4 aromatic rings. The summed E-state index contributed by atoms with van der Waals surface area (Å²) in [6, 6.07) is 16.6. The first-order chi connectivity index (χ1) is 20.5. The van der Waals surface area contributed by atoms with Crippen molar-refractivity contribution in [2.45, 2.75) is 35.8 Å². The minimum atomic E-state index is -4.84. The zero-order valence-corrected chi connectivity index (χ0v) is 23.9. The first-order valence-electron chi connectivity index (χ1n) is 13.0. The van der Waals surface area contributed by atoms with E-state index in [4.69, 9.17) is 0 Å². The number of aryl methyl sites for hydroxylation is 1. The van der Waals surface area contributed by atoms with E-state index in [0.29, 0.717) is 21.0 Å². The van der Waals surface area contributed by atoms with Gasteiger partial charge >= 0.3 is 11.0 Å². The third-order valence-corrected chi connectivity index (χ3v) is 10.1. The number of aromatic nitrogens is 1. The van der Waals surface area contributed by atoms with Crippen LogP contribution in [0.4, 0.5) is 28.9 Å². The van der Waals surface area contributed by atoms with Gasteiger partial charge in [0.2, 0.25) is 17.7 Å². The number of hydrogen-bond acceptors (Lipinski definition) is 6. The summed E-state index contributed by atoms with van der Waals surface area (Å²) in [5.74, 6) is -4.91. The van der Waals surface area contributed by atoms with Crippen molar-refractivity contribution < 1.29 is 31.9 Å². The van der Waals surface area contributed by atoms with Crippen LogP contribution in [-0.2, 0) is 27.1 Å². The average Bonchev–Trinajstić information content (AvgIpc) is 3.40. The number of amides is 3. The van der Waals surface area contributed by atoms with E-state index in [1.807, 2.05) is 19.1 Å². The van der Waals surface area contributed by atoms with Crippen LogP contribution in [-0.4, -0.2) is 27.5 Å². The van der Waals surface area contributed by atoms with E-state index in [2.05, 4.69) is 5.32 Å². The Bertz CT molecular complexity index is 1830. The lowest BCUT2D eigenvalue weighted by atomic mass is 9.83. The highest BCUT2D eigenvalue weighted by Crippen LogP contribution is 2.54. The summed E-state index contributed by atoms with van der Waals surface area (Å²) in [5.41, 5.74) is 0.0350. The second kappa shape index (κ2) is 10.8. The highest BCUT2D eigenvalue weighted by Gasteiger charge is 2.57. The number of thiazole rings is 1. The number of alkyl halides is 3. The van der Waals surface area contributed by atoms with Gasteiger partial charge in [-0.3, -0.25) is 23.7 Å². The highest BCUT2D eigenvalue weighted by atomic mass is 32.2. The van der Waals surface area contributed by atoms with E-state index in [1.165, 1.54) is 41.0 Å². The van der Waals surface area contributed by atoms with E-state index in [0.717, 1.165) is 40.8 Å². The number of nitrogens with zero attached hydrogens (tertiary/aromatic N) is 2. The number of para-hydroxylation sites is 2. The van der Waals surface area contributed by atoms with Gasteiger partial charge in [0.05, 0.1) is 22.2 Å². The van der Waals surface area contributed by atoms with Crippen LogP contribution in [0.5, 0.6) is 0 Å². The minimum absolute atomic E-state index is 0.262. The molecule has 0 bridgehead atoms. The normalized spacial score (nSPS) is 19.7. The van der Waals surface area contributed by atoms with Crippen molar-refractivity contribution in [3.05, 3.63) is 110 Å². The number of rotatable bonds is 5. The van der Waals surface area contributed by atoms with Crippen molar-refractivity contribution in [2.24, 2.45) is 5.92 Å². The molecule has 6 rings (SSSR count). The number of thioether (sulfide) groups is 1. The molecule has 220 valence electrons. The average molecular weight is 628 g/mol. The number of hydrogen-bond donors (Lipinski definition) is 1. The van der Waals surface area contributed by atoms with Gasteiger partial charge in [0.1, 0.15) is 17.6 Å². The Kier molecular flexibility index (Phi) is 7.25. The van der Waals surface area contributed by atoms with Crippen molar-refractivity contribution in [1.82, 2.24) is 4.57 Å². The quantitative estimate of drug-likeness (QED) is 0.223. The van der Waals surface area contributed by atoms with Gasteiger partial charge in [-0.05, 0) is 48.4 Å². The Balaban J connectivity index is 1.44. The van der Waals surface area contributed by atoms with E-state index < -0.39 is 69.5 Å². The maximum absolute atomic E-state index is 13.9. The Hall–Kier alpha value is -4.23. The summed E-state index contributed by atoms with van der Waals surface area (Å²) < 4.78 is 56.8. The van der Waals surface area contributed by atoms with Crippen LogP contribution in [0, 0.1) is 18.7 Å². The SMILES string of the molecule is Cc1ccccc1NC(=O)Cn1c2c(sc1=O)C(c1ccc(F)cc1)C1C(=O)N(c3ccccc3C(F)(F)F)C(=O)C1S2. The molecule has 0 saturated carbocycles. The molecule has 0 spiro atoms. The van der Waals surface area contributed by atoms with E-state index in [-0.39, 0.29) is 5.03 Å². The largest absolute Gasteiger partial charge is 0.418 e. The summed E-state index contributed by atoms with van der Waals surface area (Å²) in [6.07, 6.45) is -4.84. The fourth-order valence-electron chi connectivity index (χ4n) is 5.48. The van der Waals surface area contributed by atoms with Gasteiger partial charge in [-0.1, -0.05) is 65.6 Å². The fraction of sp³-hybridized carbons (Fsp3) is 0.200. The Morgan fingerprint density at radius 2 is 1.60 bits per heavy atom. The van der Waals surface area contributed by atoms with Gasteiger partial charge in [0.15, 0.2) is 0 Å². The third kappa shape index (κ3) is 5.06. The number of halogens is 4. The standard InChI is InChI=1S/C30H21F4N3O4S2/c1-15-6-2-4-8-19(15)35-21(38)14-36-28-25(43-29(36)41)22(16-10-12-17(31)13-11-16)23-24(42-28)27(40)37(26(23)39)20-9-5-3-7-18(20)30(32,33)34/h2-13,22-24H,14H2,1H3,(H,35,38). The monoisotopic (exact) mass is 627 g/mol. The highest BCUT2D eigenvalue weighted by molar-refractivity contribution is 8.00. The van der Waals surface area contributed by atoms with Gasteiger partial charge in [-0.25, -0.2) is 9.29 Å². The van der Waals surface area contributed by atoms with Crippen molar-refractivity contribution in [1.29, 1.82) is 0 Å². The Morgan fingerprint density at radius 3 is 2.30 bits per heavy atom. The van der Waals surface area contributed by atoms with Crippen LogP contribution in [0.25, 0.3) is 0 Å². The van der Waals surface area contributed by atoms with Gasteiger partial charge < -0.3 is 5.32 Å². The molecule has 3 aromatic carbocycles. The van der Waals surface area contributed by atoms with Gasteiger partial charge in [-0.2, -0.15) is 13.2 Å². The minimum Gasteiger partial charge on any atom is -0.324 e. The summed E-state index contributed by atoms with van der Waals surface area (Å²) in [6.45, 7) is 1.41. The number of carbonyl (C=O) groups excluding carboxylic acids is 3. The predicted molar refractivity (Wildman–Crippen MR) is 154 cm³/mol. The summed E-state index contributed by atoms with van der Waals surface area (Å²) in [7, 11) is 0. The first-order valence-corrected chi connectivity index (χ1v) is 14.7. The maximum atomic E-state index is 13.9. The summed E-state index contributed by atoms with van der Waals surface area (Å²) >= 11 is 1.66. The van der Waals surface area contributed by atoms with Crippen molar-refractivity contribution >= 4 is 52.2 Å². The van der Waals surface area contributed by atoms with Crippen LogP contribution >= 0.6 is 23.1 Å². The molecule has 7 nitrogen and oxygen atoms in total. The number of anilines is 2. The molecule has 43 heavy (non-hydrogen) atoms. The molecule has 0 radical (unpaired) electrons. The molecule has 3 atom stereocenters. The van der Waals surface area contributed by atoms with E-state index in [1.54, 1.807) is 12.1 Å². The number of nitrogens with one attached hydrogen (secondary N) is 1. The van der Waals surface area contributed by atoms with E-state index in [9.17, 15) is 36.7 Å². The van der Waals surface area contributed by atoms with Gasteiger partial charge in [0.25, 0.3) is 0 Å². The van der Waals surface area contributed by atoms with Crippen LogP contribution in [0.2, 0.25) is 0 Å². The molecule has 1 fully saturated rings. The molecule has 2 aliphatic heterocycles. The zero-order valence-electron chi connectivity index (χ0n) is 22.2. The molecule has 0 aliphatic carbocycles. The topological polar surface area (TPSA) is 88.5 Å². The summed E-state index contributed by atoms with van der Waals surface area (Å²) in [4.78, 5) is 54.4. The van der Waals surface area contributed by atoms with Crippen molar-refractivity contribution in [3.8, 4) is 0 Å². The molecule has 1 saturated heterocycles. The molecule has 2 aliphatic rings. The molecule has 3 heterocycles. The predicted octanol–water partition coefficient (Wildman–Crippen LogP) is 5.81. The summed E-state index contributed by atoms with van der Waals surface area (Å²) in [5, 5.41) is 1.83. The van der Waals surface area contributed by atoms with Crippen LogP contribution in [0.15, 0.2) is 82.6 Å². The Labute approximate surface area is 250 Å². The van der Waals surface area contributed by atoms with Crippen LogP contribution in [0.1, 0.15) is 27.5 Å². The molecular weight excluding hydrogens is 606 g/mol. The number of fused-ring (bicyclic) bond motifs is 2. The smallest absolute Gasteiger partial charge is 0.324 e. The van der Waals surface area contributed by atoms with Crippen LogP contribution in [0.3, 0.4) is 0 Å². The lowest BCUT2D eigenvalue weighted by Crippen LogP contribution is -2.33. The first kappa shape index (κ1) is 28.9. The lowest BCUT2D eigenvalue weighted by Gasteiger charge is -2.30. The third-order valence-electron chi connectivity index (χ3n) is 7.45. The van der Waals surface area contributed by atoms with Gasteiger partial charge in [-0.15, -0.1) is 0 Å². The second-order valence-corrected chi connectivity index (χ2v) is 12.2. The zero-order chi connectivity index (χ0) is 30.6. The van der Waals surface area contributed by atoms with E-state index >= 15 is 0 Å². The number of carbonyl (C=O) groups is 3. The molecule has 1 N–H and O–H groups in total. The fourth-order valence-corrected chi connectivity index (χ4v) is 8.25. The van der Waals surface area contributed by atoms with Crippen molar-refractivity contribution in [3.63, 3.8) is 0 Å².